The Bertz CT molecular complexity index is 606. The molecule has 2 rings (SSSR count). The molecule has 0 spiro atoms. The molecule has 1 amide bonds. The summed E-state index contributed by atoms with van der Waals surface area (Å²) in [6, 6.07) is 3.14. The van der Waals surface area contributed by atoms with E-state index in [1.54, 1.807) is 13.0 Å². The molecule has 0 fully saturated rings. The van der Waals surface area contributed by atoms with E-state index in [0.29, 0.717) is 22.4 Å². The summed E-state index contributed by atoms with van der Waals surface area (Å²) in [4.78, 5) is 27.2. The normalized spacial score (nSPS) is 10.2. The van der Waals surface area contributed by atoms with Crippen molar-refractivity contribution in [3.05, 3.63) is 29.9 Å². The van der Waals surface area contributed by atoms with Crippen molar-refractivity contribution in [2.24, 2.45) is 0 Å². The molecule has 8 heteroatoms. The van der Waals surface area contributed by atoms with E-state index in [-0.39, 0.29) is 12.2 Å². The van der Waals surface area contributed by atoms with Gasteiger partial charge in [-0.1, -0.05) is 11.3 Å². The van der Waals surface area contributed by atoms with Crippen molar-refractivity contribution < 1.29 is 18.7 Å². The lowest BCUT2D eigenvalue weighted by atomic mass is 10.3. The summed E-state index contributed by atoms with van der Waals surface area (Å²) < 4.78 is 9.78. The van der Waals surface area contributed by atoms with Gasteiger partial charge >= 0.3 is 5.97 Å². The summed E-state index contributed by atoms with van der Waals surface area (Å²) in [5, 5.41) is 3.23. The fourth-order valence-corrected chi connectivity index (χ4v) is 2.20. The Morgan fingerprint density at radius 3 is 3.00 bits per heavy atom. The third-order valence-corrected chi connectivity index (χ3v) is 3.15. The van der Waals surface area contributed by atoms with Crippen LogP contribution in [0.25, 0.3) is 0 Å². The van der Waals surface area contributed by atoms with Crippen LogP contribution in [0.3, 0.4) is 0 Å². The highest BCUT2D eigenvalue weighted by atomic mass is 32.1. The zero-order valence-electron chi connectivity index (χ0n) is 10.7. The molecule has 2 aromatic rings. The summed E-state index contributed by atoms with van der Waals surface area (Å²) in [6.45, 7) is 2.02. The Morgan fingerprint density at radius 2 is 2.35 bits per heavy atom. The van der Waals surface area contributed by atoms with E-state index >= 15 is 0 Å². The minimum Gasteiger partial charge on any atom is -0.466 e. The molecule has 0 radical (unpaired) electrons. The Labute approximate surface area is 118 Å². The van der Waals surface area contributed by atoms with Gasteiger partial charge < -0.3 is 14.9 Å². The molecule has 0 aliphatic carbocycles. The first-order valence-electron chi connectivity index (χ1n) is 5.85. The number of hydrogen-bond donors (Lipinski definition) is 2. The summed E-state index contributed by atoms with van der Waals surface area (Å²) in [6.07, 6.45) is 1.38. The van der Waals surface area contributed by atoms with Crippen LogP contribution in [0.2, 0.25) is 0 Å². The minimum atomic E-state index is -0.425. The van der Waals surface area contributed by atoms with Crippen molar-refractivity contribution in [3.8, 4) is 0 Å². The van der Waals surface area contributed by atoms with Crippen molar-refractivity contribution in [2.75, 3.05) is 17.7 Å². The van der Waals surface area contributed by atoms with Crippen LogP contribution in [-0.4, -0.2) is 23.5 Å². The van der Waals surface area contributed by atoms with Gasteiger partial charge in [0.2, 0.25) is 0 Å². The van der Waals surface area contributed by atoms with E-state index in [1.807, 2.05) is 0 Å². The lowest BCUT2D eigenvalue weighted by Crippen LogP contribution is -2.11. The summed E-state index contributed by atoms with van der Waals surface area (Å²) >= 11 is 1.09. The van der Waals surface area contributed by atoms with Crippen LogP contribution in [0.4, 0.5) is 10.1 Å². The van der Waals surface area contributed by atoms with Gasteiger partial charge in [-0.3, -0.25) is 14.9 Å². The van der Waals surface area contributed by atoms with Crippen molar-refractivity contribution in [2.45, 2.75) is 13.3 Å². The molecular weight excluding hydrogens is 282 g/mol. The molecule has 7 nitrogen and oxygen atoms in total. The number of ether oxygens (including phenoxy) is 1. The number of aromatic nitrogens is 1. The molecule has 3 N–H and O–H groups in total. The highest BCUT2D eigenvalue weighted by Crippen LogP contribution is 2.26. The molecule has 0 aliphatic heterocycles. The maximum absolute atomic E-state index is 11.7. The highest BCUT2D eigenvalue weighted by Gasteiger charge is 2.16. The van der Waals surface area contributed by atoms with Crippen LogP contribution < -0.4 is 11.1 Å². The topological polar surface area (TPSA) is 107 Å². The fourth-order valence-electron chi connectivity index (χ4n) is 1.46. The average Bonchev–Trinajstić information content (AvgIpc) is 3.00. The Hall–Kier alpha value is -2.35. The number of rotatable bonds is 5. The second-order valence-corrected chi connectivity index (χ2v) is 4.77. The number of thiazole rings is 1. The molecule has 2 aromatic heterocycles. The number of nitrogens with one attached hydrogen (secondary N) is 1. The zero-order valence-corrected chi connectivity index (χ0v) is 11.5. The Balaban J connectivity index is 2.03. The second kappa shape index (κ2) is 6.20. The Morgan fingerprint density at radius 1 is 1.55 bits per heavy atom. The largest absolute Gasteiger partial charge is 0.466 e. The van der Waals surface area contributed by atoms with Gasteiger partial charge in [0, 0.05) is 0 Å². The Kier molecular flexibility index (Phi) is 4.36. The first kappa shape index (κ1) is 14.1. The van der Waals surface area contributed by atoms with Gasteiger partial charge in [-0.2, -0.15) is 0 Å². The van der Waals surface area contributed by atoms with Crippen LogP contribution in [0.15, 0.2) is 22.8 Å². The molecule has 2 heterocycles. The maximum Gasteiger partial charge on any atom is 0.311 e. The highest BCUT2D eigenvalue weighted by molar-refractivity contribution is 7.19. The molecule has 106 valence electrons. The molecule has 0 atom stereocenters. The van der Waals surface area contributed by atoms with Crippen molar-refractivity contribution in [1.82, 2.24) is 4.98 Å². The lowest BCUT2D eigenvalue weighted by Gasteiger charge is -1.99. The standard InChI is InChI=1S/C12H13N3O4S/c1-2-18-9(16)6-7-10(13)20-12(14-7)15-11(17)8-4-3-5-19-8/h3-5H,2,6,13H2,1H3,(H,14,15,17). The predicted molar refractivity (Wildman–Crippen MR) is 73.5 cm³/mol. The van der Waals surface area contributed by atoms with Gasteiger partial charge in [-0.25, -0.2) is 4.98 Å². The van der Waals surface area contributed by atoms with Crippen LogP contribution in [0.1, 0.15) is 23.2 Å². The van der Waals surface area contributed by atoms with Crippen LogP contribution in [0.5, 0.6) is 0 Å². The lowest BCUT2D eigenvalue weighted by molar-refractivity contribution is -0.142. The van der Waals surface area contributed by atoms with E-state index < -0.39 is 11.9 Å². The number of nitrogens with two attached hydrogens (primary N) is 1. The van der Waals surface area contributed by atoms with E-state index in [0.717, 1.165) is 11.3 Å². The molecule has 0 aromatic carbocycles. The van der Waals surface area contributed by atoms with E-state index in [9.17, 15) is 9.59 Å². The number of nitrogen functional groups attached to an aromatic ring is 1. The first-order chi connectivity index (χ1) is 9.60. The zero-order chi connectivity index (χ0) is 14.5. The van der Waals surface area contributed by atoms with Gasteiger partial charge in [0.05, 0.1) is 25.0 Å². The molecule has 20 heavy (non-hydrogen) atoms. The number of furan rings is 1. The number of anilines is 2. The second-order valence-electron chi connectivity index (χ2n) is 3.74. The average molecular weight is 295 g/mol. The van der Waals surface area contributed by atoms with E-state index in [1.165, 1.54) is 12.3 Å². The number of amides is 1. The van der Waals surface area contributed by atoms with E-state index in [4.69, 9.17) is 14.9 Å². The van der Waals surface area contributed by atoms with Crippen LogP contribution >= 0.6 is 11.3 Å². The molecule has 0 aliphatic rings. The van der Waals surface area contributed by atoms with Gasteiger partial charge in [-0.15, -0.1) is 0 Å². The van der Waals surface area contributed by atoms with Gasteiger partial charge in [-0.05, 0) is 19.1 Å². The van der Waals surface area contributed by atoms with Crippen molar-refractivity contribution >= 4 is 33.3 Å². The minimum absolute atomic E-state index is 0.0210. The number of carbonyl (C=O) groups is 2. The SMILES string of the molecule is CCOC(=O)Cc1nc(NC(=O)c2ccco2)sc1N. The van der Waals surface area contributed by atoms with Crippen molar-refractivity contribution in [3.63, 3.8) is 0 Å². The summed E-state index contributed by atoms with van der Waals surface area (Å²) in [7, 11) is 0. The number of carbonyl (C=O) groups excluding carboxylic acids is 2. The van der Waals surface area contributed by atoms with Crippen LogP contribution in [0, 0.1) is 0 Å². The fraction of sp³-hybridized carbons (Fsp3) is 0.250. The number of esters is 1. The van der Waals surface area contributed by atoms with Gasteiger partial charge in [0.25, 0.3) is 5.91 Å². The molecular formula is C12H13N3O4S. The van der Waals surface area contributed by atoms with Gasteiger partial charge in [0.15, 0.2) is 10.9 Å². The quantitative estimate of drug-likeness (QED) is 0.812. The smallest absolute Gasteiger partial charge is 0.311 e. The third-order valence-electron chi connectivity index (χ3n) is 2.31. The monoisotopic (exact) mass is 295 g/mol. The summed E-state index contributed by atoms with van der Waals surface area (Å²) in [5.74, 6) is -0.662. The van der Waals surface area contributed by atoms with Crippen molar-refractivity contribution in [1.29, 1.82) is 0 Å². The number of hydrogen-bond acceptors (Lipinski definition) is 7. The predicted octanol–water partition coefficient (Wildman–Crippen LogP) is 1.68. The molecule has 0 unspecified atom stereocenters. The third kappa shape index (κ3) is 3.35. The molecule has 0 bridgehead atoms. The molecule has 0 saturated heterocycles. The first-order valence-corrected chi connectivity index (χ1v) is 6.67. The number of nitrogens with zero attached hydrogens (tertiary/aromatic N) is 1. The molecule has 0 saturated carbocycles. The summed E-state index contributed by atoms with van der Waals surface area (Å²) in [5.41, 5.74) is 6.15. The van der Waals surface area contributed by atoms with Crippen LogP contribution in [-0.2, 0) is 16.0 Å². The maximum atomic E-state index is 11.7. The van der Waals surface area contributed by atoms with Gasteiger partial charge in [0.1, 0.15) is 5.00 Å². The van der Waals surface area contributed by atoms with E-state index in [2.05, 4.69) is 10.3 Å².